The van der Waals surface area contributed by atoms with Crippen LogP contribution in [-0.2, 0) is 38.1 Å². The number of rotatable bonds is 11. The van der Waals surface area contributed by atoms with Crippen molar-refractivity contribution in [1.82, 2.24) is 0 Å². The predicted molar refractivity (Wildman–Crippen MR) is 192 cm³/mol. The van der Waals surface area contributed by atoms with Gasteiger partial charge in [-0.2, -0.15) is 0 Å². The van der Waals surface area contributed by atoms with Gasteiger partial charge < -0.3 is 28.8 Å². The van der Waals surface area contributed by atoms with Crippen LogP contribution in [0.25, 0.3) is 0 Å². The fraction of sp³-hybridized carbons (Fsp3) is 0.878. The van der Waals surface area contributed by atoms with Crippen LogP contribution in [0.15, 0.2) is 11.6 Å². The van der Waals surface area contributed by atoms with Crippen LogP contribution in [0, 0.1) is 46.3 Å². The first-order chi connectivity index (χ1) is 23.6. The monoisotopic (exact) mass is 704 g/mol. The second-order valence-corrected chi connectivity index (χ2v) is 16.8. The summed E-state index contributed by atoms with van der Waals surface area (Å²) in [5, 5.41) is 11.3. The predicted octanol–water partition coefficient (Wildman–Crippen LogP) is 7.95. The maximum Gasteiger partial charge on any atom is 0.303 e. The molecule has 5 rings (SSSR count). The molecule has 1 aliphatic heterocycles. The summed E-state index contributed by atoms with van der Waals surface area (Å²) in [4.78, 5) is 35.6. The Kier molecular flexibility index (Phi) is 14.1. The third-order valence-electron chi connectivity index (χ3n) is 13.3. The smallest absolute Gasteiger partial charge is 0.303 e. The Morgan fingerprint density at radius 1 is 0.900 bits per heavy atom. The van der Waals surface area contributed by atoms with Crippen LogP contribution in [0.5, 0.6) is 0 Å². The van der Waals surface area contributed by atoms with E-state index in [1.54, 1.807) is 0 Å². The maximum absolute atomic E-state index is 12.0. The number of aliphatic hydroxyl groups is 1. The molecule has 3 saturated carbocycles. The van der Waals surface area contributed by atoms with E-state index in [1.807, 2.05) is 13.8 Å². The molecule has 0 amide bonds. The van der Waals surface area contributed by atoms with E-state index in [9.17, 15) is 19.5 Å². The molecule has 4 aliphatic carbocycles. The second-order valence-electron chi connectivity index (χ2n) is 16.8. The first-order valence-electron chi connectivity index (χ1n) is 19.8. The van der Waals surface area contributed by atoms with Crippen molar-refractivity contribution >= 4 is 17.9 Å². The van der Waals surface area contributed by atoms with Crippen LogP contribution in [0.1, 0.15) is 140 Å². The van der Waals surface area contributed by atoms with E-state index in [0.29, 0.717) is 11.3 Å². The molecule has 9 nitrogen and oxygen atoms in total. The third kappa shape index (κ3) is 8.79. The highest BCUT2D eigenvalue weighted by atomic mass is 16.7. The van der Waals surface area contributed by atoms with Gasteiger partial charge in [-0.15, -0.1) is 0 Å². The molecule has 1 heterocycles. The van der Waals surface area contributed by atoms with Gasteiger partial charge in [0.15, 0.2) is 18.5 Å². The van der Waals surface area contributed by atoms with E-state index in [4.69, 9.17) is 23.7 Å². The summed E-state index contributed by atoms with van der Waals surface area (Å²) >= 11 is 0. The van der Waals surface area contributed by atoms with Crippen molar-refractivity contribution in [3.8, 4) is 0 Å². The molecule has 0 radical (unpaired) electrons. The Balaban J connectivity index is 0.00000276. The number of hydrogen-bond donors (Lipinski definition) is 1. The number of carbonyl (C=O) groups is 3. The zero-order valence-electron chi connectivity index (χ0n) is 32.7. The van der Waals surface area contributed by atoms with E-state index >= 15 is 0 Å². The molecule has 1 saturated heterocycles. The molecule has 0 aromatic heterocycles. The molecule has 286 valence electrons. The zero-order valence-corrected chi connectivity index (χ0v) is 32.7. The molecule has 0 spiro atoms. The van der Waals surface area contributed by atoms with Gasteiger partial charge in [0, 0.05) is 20.8 Å². The Bertz CT molecular complexity index is 1200. The quantitative estimate of drug-likeness (QED) is 0.130. The topological polar surface area (TPSA) is 118 Å². The number of esters is 3. The van der Waals surface area contributed by atoms with Gasteiger partial charge in [-0.05, 0) is 97.7 Å². The van der Waals surface area contributed by atoms with E-state index in [-0.39, 0.29) is 18.1 Å². The lowest BCUT2D eigenvalue weighted by molar-refractivity contribution is -0.316. The largest absolute Gasteiger partial charge is 0.463 e. The Labute approximate surface area is 301 Å². The first-order valence-corrected chi connectivity index (χ1v) is 19.8. The van der Waals surface area contributed by atoms with Gasteiger partial charge in [-0.1, -0.05) is 79.4 Å². The van der Waals surface area contributed by atoms with Crippen molar-refractivity contribution in [3.63, 3.8) is 0 Å². The van der Waals surface area contributed by atoms with Crippen molar-refractivity contribution in [2.24, 2.45) is 46.3 Å². The minimum Gasteiger partial charge on any atom is -0.463 e. The van der Waals surface area contributed by atoms with Gasteiger partial charge in [-0.25, -0.2) is 0 Å². The minimum absolute atomic E-state index is 0.135. The average Bonchev–Trinajstić information content (AvgIpc) is 3.41. The van der Waals surface area contributed by atoms with Crippen molar-refractivity contribution < 1.29 is 43.2 Å². The van der Waals surface area contributed by atoms with Crippen LogP contribution in [0.2, 0.25) is 0 Å². The third-order valence-corrected chi connectivity index (χ3v) is 13.3. The zero-order chi connectivity index (χ0) is 37.0. The highest BCUT2D eigenvalue weighted by Gasteiger charge is 2.59. The highest BCUT2D eigenvalue weighted by molar-refractivity contribution is 5.68. The van der Waals surface area contributed by atoms with Crippen molar-refractivity contribution in [2.75, 3.05) is 6.61 Å². The SMILES string of the molecule is CC.CC(=O)OCC1OC(OC2CCC3(C)C(=CCC4C3CCC3(C)C4CCC3[C@H](C)CCCC(C)C)C2)C(O)C(OC(C)=O)C1OC(C)=O. The standard InChI is InChI=1S/C39H62O9.C2H6/c1-22(2)10-9-11-23(3)30-14-15-31-29-13-12-27-20-28(16-18-38(27,7)32(29)17-19-39(30,31)8)47-37-34(43)36(46-26(6)42)35(45-25(5)41)33(48-37)21-44-24(4)40;1-2/h12,22-23,28-37,43H,9-11,13-21H2,1-8H3;1-2H3/t23-,28?,29?,30?,31?,32?,33?,34?,35?,36?,37?,38?,39?;/m1./s1. The molecule has 13 atom stereocenters. The summed E-state index contributed by atoms with van der Waals surface area (Å²) in [5.41, 5.74) is 2.03. The molecular formula is C41H68O9. The number of ether oxygens (including phenoxy) is 5. The highest BCUT2D eigenvalue weighted by Crippen LogP contribution is 2.67. The van der Waals surface area contributed by atoms with Crippen LogP contribution in [0.3, 0.4) is 0 Å². The van der Waals surface area contributed by atoms with Crippen LogP contribution in [-0.4, -0.2) is 66.4 Å². The molecule has 9 heteroatoms. The molecule has 50 heavy (non-hydrogen) atoms. The Hall–Kier alpha value is -1.97. The Morgan fingerprint density at radius 2 is 1.58 bits per heavy atom. The van der Waals surface area contributed by atoms with Crippen molar-refractivity contribution in [2.45, 2.75) is 177 Å². The number of hydrogen-bond acceptors (Lipinski definition) is 9. The Morgan fingerprint density at radius 3 is 2.22 bits per heavy atom. The van der Waals surface area contributed by atoms with E-state index in [0.717, 1.165) is 55.3 Å². The maximum atomic E-state index is 12.0. The van der Waals surface area contributed by atoms with Gasteiger partial charge in [0.1, 0.15) is 18.8 Å². The van der Waals surface area contributed by atoms with Crippen LogP contribution in [0.4, 0.5) is 0 Å². The second kappa shape index (κ2) is 17.2. The summed E-state index contributed by atoms with van der Waals surface area (Å²) in [6.07, 6.45) is 9.50. The molecule has 1 N–H and O–H groups in total. The molecule has 0 aromatic carbocycles. The average molecular weight is 705 g/mol. The lowest BCUT2D eigenvalue weighted by Gasteiger charge is -2.58. The summed E-state index contributed by atoms with van der Waals surface area (Å²) in [7, 11) is 0. The van der Waals surface area contributed by atoms with Gasteiger partial charge >= 0.3 is 17.9 Å². The lowest BCUT2D eigenvalue weighted by Crippen LogP contribution is -2.62. The van der Waals surface area contributed by atoms with Crippen LogP contribution < -0.4 is 0 Å². The molecule has 4 fully saturated rings. The number of aliphatic hydroxyl groups excluding tert-OH is 1. The van der Waals surface area contributed by atoms with Crippen molar-refractivity contribution in [3.05, 3.63) is 11.6 Å². The molecule has 0 aromatic rings. The molecule has 12 unspecified atom stereocenters. The molecule has 0 bridgehead atoms. The van der Waals surface area contributed by atoms with E-state index < -0.39 is 48.6 Å². The number of carbonyl (C=O) groups excluding carboxylic acids is 3. The summed E-state index contributed by atoms with van der Waals surface area (Å²) in [6.45, 7) is 19.8. The van der Waals surface area contributed by atoms with E-state index in [1.165, 1.54) is 71.3 Å². The number of allylic oxidation sites excluding steroid dienone is 1. The van der Waals surface area contributed by atoms with Crippen LogP contribution >= 0.6 is 0 Å². The molecule has 5 aliphatic rings. The van der Waals surface area contributed by atoms with Gasteiger partial charge in [0.05, 0.1) is 6.10 Å². The normalized spacial score (nSPS) is 39.8. The van der Waals surface area contributed by atoms with Gasteiger partial charge in [-0.3, -0.25) is 14.4 Å². The van der Waals surface area contributed by atoms with Crippen molar-refractivity contribution in [1.29, 1.82) is 0 Å². The molecular weight excluding hydrogens is 636 g/mol. The fourth-order valence-electron chi connectivity index (χ4n) is 11.0. The lowest BCUT2D eigenvalue weighted by atomic mass is 9.47. The summed E-state index contributed by atoms with van der Waals surface area (Å²) < 4.78 is 28.6. The fourth-order valence-corrected chi connectivity index (χ4v) is 11.0. The number of fused-ring (bicyclic) bond motifs is 5. The summed E-state index contributed by atoms with van der Waals surface area (Å²) in [6, 6.07) is 0. The first kappa shape index (κ1) is 40.8. The summed E-state index contributed by atoms with van der Waals surface area (Å²) in [5.74, 6) is 2.80. The minimum atomic E-state index is -1.40. The van der Waals surface area contributed by atoms with E-state index in [2.05, 4.69) is 40.7 Å². The van der Waals surface area contributed by atoms with Gasteiger partial charge in [0.25, 0.3) is 0 Å². The van der Waals surface area contributed by atoms with Gasteiger partial charge in [0.2, 0.25) is 0 Å².